The lowest BCUT2D eigenvalue weighted by Gasteiger charge is -2.38. The summed E-state index contributed by atoms with van der Waals surface area (Å²) in [7, 11) is 0. The number of benzene rings is 1. The van der Waals surface area contributed by atoms with Crippen LogP contribution in [0.5, 0.6) is 0 Å². The van der Waals surface area contributed by atoms with Crippen LogP contribution >= 0.6 is 0 Å². The van der Waals surface area contributed by atoms with Crippen molar-refractivity contribution in [2.24, 2.45) is 17.8 Å². The van der Waals surface area contributed by atoms with Gasteiger partial charge in [-0.3, -0.25) is 0 Å². The van der Waals surface area contributed by atoms with E-state index in [4.69, 9.17) is 0 Å². The monoisotopic (exact) mass is 282 g/mol. The van der Waals surface area contributed by atoms with Crippen LogP contribution in [0.4, 0.5) is 0 Å². The first-order valence-corrected chi connectivity index (χ1v) is 9.02. The topological polar surface area (TPSA) is 0 Å². The predicted octanol–water partition coefficient (Wildman–Crippen LogP) is 6.34. The van der Waals surface area contributed by atoms with E-state index in [1.165, 1.54) is 57.8 Å². The average molecular weight is 282 g/mol. The molecule has 1 aromatic carbocycles. The van der Waals surface area contributed by atoms with Gasteiger partial charge < -0.3 is 0 Å². The number of rotatable bonds is 4. The van der Waals surface area contributed by atoms with Gasteiger partial charge in [0.1, 0.15) is 0 Å². The molecule has 0 heterocycles. The Morgan fingerprint density at radius 3 is 1.95 bits per heavy atom. The molecule has 21 heavy (non-hydrogen) atoms. The summed E-state index contributed by atoms with van der Waals surface area (Å²) in [4.78, 5) is 0. The second-order valence-electron chi connectivity index (χ2n) is 7.33. The van der Waals surface area contributed by atoms with Crippen molar-refractivity contribution in [3.63, 3.8) is 0 Å². The highest BCUT2D eigenvalue weighted by molar-refractivity contribution is 5.19. The fraction of sp³-hybridized carbons (Fsp3) is 0.619. The Labute approximate surface area is 130 Å². The largest absolute Gasteiger partial charge is 0.103 e. The molecule has 0 spiro atoms. The molecular formula is C21H30. The first-order valence-electron chi connectivity index (χ1n) is 9.02. The Hall–Kier alpha value is -1.04. The summed E-state index contributed by atoms with van der Waals surface area (Å²) >= 11 is 0. The summed E-state index contributed by atoms with van der Waals surface area (Å²) in [6.45, 7) is 3.90. The van der Waals surface area contributed by atoms with Crippen LogP contribution in [-0.2, 0) is 0 Å². The van der Waals surface area contributed by atoms with Crippen molar-refractivity contribution < 1.29 is 0 Å². The molecule has 0 atom stereocenters. The fourth-order valence-electron chi connectivity index (χ4n) is 4.78. The third kappa shape index (κ3) is 3.78. The summed E-state index contributed by atoms with van der Waals surface area (Å²) in [5, 5.41) is 0. The maximum Gasteiger partial charge on any atom is -0.0162 e. The van der Waals surface area contributed by atoms with E-state index in [1.807, 2.05) is 0 Å². The summed E-state index contributed by atoms with van der Waals surface area (Å²) in [5.41, 5.74) is 1.57. The molecule has 0 unspecified atom stereocenters. The van der Waals surface area contributed by atoms with E-state index < -0.39 is 0 Å². The van der Waals surface area contributed by atoms with E-state index in [-0.39, 0.29) is 0 Å². The maximum absolute atomic E-state index is 3.90. The van der Waals surface area contributed by atoms with Gasteiger partial charge in [-0.05, 0) is 87.0 Å². The van der Waals surface area contributed by atoms with Gasteiger partial charge in [0.25, 0.3) is 0 Å². The van der Waals surface area contributed by atoms with Crippen molar-refractivity contribution >= 4 is 0 Å². The highest BCUT2D eigenvalue weighted by Gasteiger charge is 2.30. The molecule has 0 nitrogen and oxygen atoms in total. The molecule has 0 radical (unpaired) electrons. The highest BCUT2D eigenvalue weighted by Crippen LogP contribution is 2.44. The second-order valence-corrected chi connectivity index (χ2v) is 7.33. The van der Waals surface area contributed by atoms with Crippen LogP contribution in [0, 0.1) is 17.8 Å². The van der Waals surface area contributed by atoms with Gasteiger partial charge >= 0.3 is 0 Å². The van der Waals surface area contributed by atoms with Gasteiger partial charge in [0.15, 0.2) is 0 Å². The van der Waals surface area contributed by atoms with Gasteiger partial charge in [-0.15, -0.1) is 6.58 Å². The lowest BCUT2D eigenvalue weighted by atomic mass is 9.68. The zero-order valence-corrected chi connectivity index (χ0v) is 13.3. The molecule has 2 saturated carbocycles. The molecule has 0 aromatic heterocycles. The van der Waals surface area contributed by atoms with E-state index in [0.29, 0.717) is 0 Å². The van der Waals surface area contributed by atoms with Crippen molar-refractivity contribution in [3.8, 4) is 0 Å². The average Bonchev–Trinajstić information content (AvgIpc) is 2.57. The molecule has 114 valence electrons. The zero-order valence-electron chi connectivity index (χ0n) is 13.3. The highest BCUT2D eigenvalue weighted by atomic mass is 14.4. The molecule has 0 aliphatic heterocycles. The third-order valence-corrected chi connectivity index (χ3v) is 6.10. The second kappa shape index (κ2) is 7.29. The van der Waals surface area contributed by atoms with E-state index in [9.17, 15) is 0 Å². The number of hydrogen-bond donors (Lipinski definition) is 0. The first kappa shape index (κ1) is 14.9. The van der Waals surface area contributed by atoms with E-state index in [0.717, 1.165) is 23.7 Å². The SMILES string of the molecule is C=CCC1CCC([C@H]2CC[C@H](c3ccccc3)CC2)CC1. The smallest absolute Gasteiger partial charge is 0.0162 e. The number of allylic oxidation sites excluding steroid dienone is 1. The maximum atomic E-state index is 3.90. The van der Waals surface area contributed by atoms with Gasteiger partial charge in [0.05, 0.1) is 0 Å². The lowest BCUT2D eigenvalue weighted by molar-refractivity contribution is 0.161. The van der Waals surface area contributed by atoms with Crippen molar-refractivity contribution in [2.75, 3.05) is 0 Å². The lowest BCUT2D eigenvalue weighted by Crippen LogP contribution is -2.25. The standard InChI is InChI=1S/C21H30/c1-2-6-17-9-11-19(12-10-17)21-15-13-20(14-16-21)18-7-4-3-5-8-18/h2-5,7-8,17,19-21H,1,6,9-16H2/t17?,19?,20-,21-. The van der Waals surface area contributed by atoms with Gasteiger partial charge in [0.2, 0.25) is 0 Å². The van der Waals surface area contributed by atoms with Crippen molar-refractivity contribution in [2.45, 2.75) is 63.7 Å². The Bertz CT molecular complexity index is 417. The van der Waals surface area contributed by atoms with E-state index in [2.05, 4.69) is 43.0 Å². The van der Waals surface area contributed by atoms with Gasteiger partial charge in [-0.2, -0.15) is 0 Å². The Morgan fingerprint density at radius 1 is 0.810 bits per heavy atom. The van der Waals surface area contributed by atoms with Crippen molar-refractivity contribution in [3.05, 3.63) is 48.6 Å². The van der Waals surface area contributed by atoms with Crippen LogP contribution in [0.3, 0.4) is 0 Å². The minimum Gasteiger partial charge on any atom is -0.103 e. The normalized spacial score (nSPS) is 33.5. The summed E-state index contributed by atoms with van der Waals surface area (Å²) < 4.78 is 0. The first-order chi connectivity index (χ1) is 10.4. The molecule has 3 rings (SSSR count). The zero-order chi connectivity index (χ0) is 14.5. The van der Waals surface area contributed by atoms with Crippen LogP contribution in [0.15, 0.2) is 43.0 Å². The Balaban J connectivity index is 1.47. The van der Waals surface area contributed by atoms with Crippen molar-refractivity contribution in [1.29, 1.82) is 0 Å². The summed E-state index contributed by atoms with van der Waals surface area (Å²) in [6.07, 6.45) is 15.0. The number of hydrogen-bond acceptors (Lipinski definition) is 0. The third-order valence-electron chi connectivity index (χ3n) is 6.10. The Morgan fingerprint density at radius 2 is 1.38 bits per heavy atom. The minimum absolute atomic E-state index is 0.833. The van der Waals surface area contributed by atoms with Crippen LogP contribution in [0.25, 0.3) is 0 Å². The summed E-state index contributed by atoms with van der Waals surface area (Å²) in [6, 6.07) is 11.2. The minimum atomic E-state index is 0.833. The van der Waals surface area contributed by atoms with Crippen LogP contribution < -0.4 is 0 Å². The Kier molecular flexibility index (Phi) is 5.17. The molecule has 0 amide bonds. The van der Waals surface area contributed by atoms with Crippen LogP contribution in [-0.4, -0.2) is 0 Å². The molecule has 0 bridgehead atoms. The molecular weight excluding hydrogens is 252 g/mol. The molecule has 0 heteroatoms. The van der Waals surface area contributed by atoms with Gasteiger partial charge in [-0.1, -0.05) is 36.4 Å². The molecule has 2 aliphatic carbocycles. The van der Waals surface area contributed by atoms with Gasteiger partial charge in [0, 0.05) is 0 Å². The molecule has 2 fully saturated rings. The quantitative estimate of drug-likeness (QED) is 0.565. The predicted molar refractivity (Wildman–Crippen MR) is 91.4 cm³/mol. The fourth-order valence-corrected chi connectivity index (χ4v) is 4.78. The van der Waals surface area contributed by atoms with Crippen LogP contribution in [0.2, 0.25) is 0 Å². The van der Waals surface area contributed by atoms with E-state index >= 15 is 0 Å². The van der Waals surface area contributed by atoms with Gasteiger partial charge in [-0.25, -0.2) is 0 Å². The molecule has 0 saturated heterocycles. The molecule has 0 N–H and O–H groups in total. The van der Waals surface area contributed by atoms with Crippen molar-refractivity contribution in [1.82, 2.24) is 0 Å². The van der Waals surface area contributed by atoms with Crippen LogP contribution in [0.1, 0.15) is 69.3 Å². The van der Waals surface area contributed by atoms with E-state index in [1.54, 1.807) is 5.56 Å². The molecule has 2 aliphatic rings. The molecule has 1 aromatic rings. The summed E-state index contributed by atoms with van der Waals surface area (Å²) in [5.74, 6) is 3.83.